The standard InChI is InChI=1S/C8H16BrNO3S/c1-8(2,4-5-9)10-7(11)6-14(3,12)13/h4-6H2,1-3H3,(H,10,11). The van der Waals surface area contributed by atoms with E-state index in [9.17, 15) is 13.2 Å². The molecule has 0 aliphatic heterocycles. The van der Waals surface area contributed by atoms with Gasteiger partial charge in [0.15, 0.2) is 9.84 Å². The summed E-state index contributed by atoms with van der Waals surface area (Å²) in [6, 6.07) is 0. The van der Waals surface area contributed by atoms with Crippen molar-refractivity contribution in [3.63, 3.8) is 0 Å². The molecule has 0 bridgehead atoms. The molecule has 0 unspecified atom stereocenters. The fourth-order valence-electron chi connectivity index (χ4n) is 0.950. The number of hydrogen-bond donors (Lipinski definition) is 1. The molecular weight excluding hydrogens is 270 g/mol. The zero-order chi connectivity index (χ0) is 11.4. The van der Waals surface area contributed by atoms with Crippen LogP contribution in [-0.4, -0.2) is 37.2 Å². The van der Waals surface area contributed by atoms with Gasteiger partial charge in [0, 0.05) is 17.1 Å². The Balaban J connectivity index is 4.19. The lowest BCUT2D eigenvalue weighted by molar-refractivity contribution is -0.120. The molecule has 1 amide bonds. The average Bonchev–Trinajstić information content (AvgIpc) is 1.78. The van der Waals surface area contributed by atoms with E-state index in [4.69, 9.17) is 0 Å². The van der Waals surface area contributed by atoms with Crippen LogP contribution in [-0.2, 0) is 14.6 Å². The van der Waals surface area contributed by atoms with Gasteiger partial charge in [-0.25, -0.2) is 8.42 Å². The van der Waals surface area contributed by atoms with Gasteiger partial charge in [0.05, 0.1) is 0 Å². The van der Waals surface area contributed by atoms with E-state index in [0.717, 1.165) is 18.0 Å². The maximum atomic E-state index is 11.2. The van der Waals surface area contributed by atoms with Gasteiger partial charge in [-0.3, -0.25) is 4.79 Å². The zero-order valence-corrected chi connectivity index (χ0v) is 11.0. The average molecular weight is 286 g/mol. The minimum absolute atomic E-state index is 0.370. The summed E-state index contributed by atoms with van der Waals surface area (Å²) in [4.78, 5) is 11.2. The Kier molecular flexibility index (Phi) is 5.08. The third kappa shape index (κ3) is 7.32. The number of carbonyl (C=O) groups excluding carboxylic acids is 1. The molecule has 0 radical (unpaired) electrons. The Labute approximate surface area is 93.5 Å². The molecule has 1 N–H and O–H groups in total. The van der Waals surface area contributed by atoms with Crippen LogP contribution in [0.5, 0.6) is 0 Å². The molecule has 0 aromatic carbocycles. The van der Waals surface area contributed by atoms with Crippen LogP contribution in [0.2, 0.25) is 0 Å². The third-order valence-electron chi connectivity index (χ3n) is 1.59. The van der Waals surface area contributed by atoms with E-state index in [1.165, 1.54) is 0 Å². The summed E-state index contributed by atoms with van der Waals surface area (Å²) < 4.78 is 21.6. The van der Waals surface area contributed by atoms with Crippen LogP contribution in [0.4, 0.5) is 0 Å². The summed E-state index contributed by atoms with van der Waals surface area (Å²) in [5.74, 6) is -0.892. The fourth-order valence-corrected chi connectivity index (χ4v) is 2.49. The van der Waals surface area contributed by atoms with Crippen LogP contribution in [0.25, 0.3) is 0 Å². The van der Waals surface area contributed by atoms with Crippen molar-refractivity contribution in [2.45, 2.75) is 25.8 Å². The largest absolute Gasteiger partial charge is 0.350 e. The van der Waals surface area contributed by atoms with Gasteiger partial charge in [0.25, 0.3) is 0 Å². The number of rotatable bonds is 5. The summed E-state index contributed by atoms with van der Waals surface area (Å²) in [7, 11) is -3.23. The number of hydrogen-bond acceptors (Lipinski definition) is 3. The predicted octanol–water partition coefficient (Wildman–Crippen LogP) is 0.711. The van der Waals surface area contributed by atoms with Crippen LogP contribution in [0, 0.1) is 0 Å². The number of sulfone groups is 1. The van der Waals surface area contributed by atoms with Gasteiger partial charge in [-0.1, -0.05) is 15.9 Å². The number of amides is 1. The molecule has 4 nitrogen and oxygen atoms in total. The molecular formula is C8H16BrNO3S. The second kappa shape index (κ2) is 5.11. The fraction of sp³-hybridized carbons (Fsp3) is 0.875. The lowest BCUT2D eigenvalue weighted by atomic mass is 10.0. The van der Waals surface area contributed by atoms with E-state index in [-0.39, 0.29) is 5.54 Å². The lowest BCUT2D eigenvalue weighted by Gasteiger charge is -2.25. The summed E-state index contributed by atoms with van der Waals surface area (Å²) >= 11 is 3.27. The Bertz CT molecular complexity index is 298. The molecule has 0 saturated heterocycles. The third-order valence-corrected chi connectivity index (χ3v) is 2.77. The molecule has 0 aliphatic carbocycles. The maximum absolute atomic E-state index is 11.2. The van der Waals surface area contributed by atoms with Gasteiger partial charge in [-0.15, -0.1) is 0 Å². The van der Waals surface area contributed by atoms with Crippen LogP contribution in [0.3, 0.4) is 0 Å². The van der Waals surface area contributed by atoms with Crippen molar-refractivity contribution in [1.29, 1.82) is 0 Å². The highest BCUT2D eigenvalue weighted by Gasteiger charge is 2.21. The topological polar surface area (TPSA) is 63.2 Å². The SMILES string of the molecule is CC(C)(CCBr)NC(=O)CS(C)(=O)=O. The highest BCUT2D eigenvalue weighted by molar-refractivity contribution is 9.09. The maximum Gasteiger partial charge on any atom is 0.235 e. The van der Waals surface area contributed by atoms with E-state index in [2.05, 4.69) is 21.2 Å². The predicted molar refractivity (Wildman–Crippen MR) is 60.3 cm³/mol. The molecule has 6 heteroatoms. The van der Waals surface area contributed by atoms with Gasteiger partial charge in [-0.05, 0) is 20.3 Å². The first-order valence-electron chi connectivity index (χ1n) is 4.21. The number of carbonyl (C=O) groups is 1. The van der Waals surface area contributed by atoms with Crippen LogP contribution in [0.1, 0.15) is 20.3 Å². The summed E-state index contributed by atoms with van der Waals surface area (Å²) in [6.45, 7) is 3.71. The van der Waals surface area contributed by atoms with Crippen LogP contribution in [0.15, 0.2) is 0 Å². The van der Waals surface area contributed by atoms with Crippen molar-refractivity contribution in [1.82, 2.24) is 5.32 Å². The minimum atomic E-state index is -3.23. The van der Waals surface area contributed by atoms with Gasteiger partial charge in [0.1, 0.15) is 5.75 Å². The monoisotopic (exact) mass is 285 g/mol. The van der Waals surface area contributed by atoms with Gasteiger partial charge >= 0.3 is 0 Å². The molecule has 0 fully saturated rings. The van der Waals surface area contributed by atoms with E-state index >= 15 is 0 Å². The first kappa shape index (κ1) is 13.9. The molecule has 0 rings (SSSR count). The number of alkyl halides is 1. The number of nitrogens with one attached hydrogen (secondary N) is 1. The molecule has 0 aliphatic rings. The summed E-state index contributed by atoms with van der Waals surface area (Å²) in [6.07, 6.45) is 1.80. The lowest BCUT2D eigenvalue weighted by Crippen LogP contribution is -2.45. The van der Waals surface area contributed by atoms with E-state index in [1.54, 1.807) is 0 Å². The highest BCUT2D eigenvalue weighted by atomic mass is 79.9. The van der Waals surface area contributed by atoms with Crippen molar-refractivity contribution in [3.05, 3.63) is 0 Å². The second-order valence-corrected chi connectivity index (χ2v) is 6.87. The second-order valence-electron chi connectivity index (χ2n) is 3.94. The van der Waals surface area contributed by atoms with Gasteiger partial charge < -0.3 is 5.32 Å². The molecule has 0 spiro atoms. The molecule has 0 atom stereocenters. The van der Waals surface area contributed by atoms with Crippen molar-refractivity contribution < 1.29 is 13.2 Å². The molecule has 14 heavy (non-hydrogen) atoms. The van der Waals surface area contributed by atoms with E-state index in [1.807, 2.05) is 13.8 Å². The Morgan fingerprint density at radius 3 is 2.29 bits per heavy atom. The normalized spacial score (nSPS) is 12.6. The highest BCUT2D eigenvalue weighted by Crippen LogP contribution is 2.09. The zero-order valence-electron chi connectivity index (χ0n) is 8.63. The first-order valence-corrected chi connectivity index (χ1v) is 7.39. The summed E-state index contributed by atoms with van der Waals surface area (Å²) in [5.41, 5.74) is -0.370. The minimum Gasteiger partial charge on any atom is -0.350 e. The Morgan fingerprint density at radius 2 is 1.93 bits per heavy atom. The Morgan fingerprint density at radius 1 is 1.43 bits per heavy atom. The first-order chi connectivity index (χ1) is 6.16. The van der Waals surface area contributed by atoms with Crippen LogP contribution < -0.4 is 5.32 Å². The molecule has 84 valence electrons. The number of halogens is 1. The molecule has 0 aromatic heterocycles. The van der Waals surface area contributed by atoms with Crippen molar-refractivity contribution in [3.8, 4) is 0 Å². The van der Waals surface area contributed by atoms with Crippen LogP contribution >= 0.6 is 15.9 Å². The van der Waals surface area contributed by atoms with E-state index < -0.39 is 21.5 Å². The van der Waals surface area contributed by atoms with Crippen molar-refractivity contribution in [2.75, 3.05) is 17.3 Å². The quantitative estimate of drug-likeness (QED) is 0.757. The molecule has 0 heterocycles. The molecule has 0 aromatic rings. The summed E-state index contributed by atoms with van der Waals surface area (Å²) in [5, 5.41) is 3.43. The van der Waals surface area contributed by atoms with E-state index in [0.29, 0.717) is 0 Å². The van der Waals surface area contributed by atoms with Gasteiger partial charge in [-0.2, -0.15) is 0 Å². The van der Waals surface area contributed by atoms with Gasteiger partial charge in [0.2, 0.25) is 5.91 Å². The smallest absolute Gasteiger partial charge is 0.235 e. The van der Waals surface area contributed by atoms with Crippen molar-refractivity contribution >= 4 is 31.7 Å². The van der Waals surface area contributed by atoms with Crippen molar-refractivity contribution in [2.24, 2.45) is 0 Å². The Hall–Kier alpha value is -0.100. The molecule has 0 saturated carbocycles.